The second-order valence-corrected chi connectivity index (χ2v) is 10.7. The molecule has 4 aromatic rings. The third kappa shape index (κ3) is 12.2. The molecule has 0 aliphatic heterocycles. The van der Waals surface area contributed by atoms with Gasteiger partial charge in [-0.15, -0.1) is 26.3 Å². The zero-order chi connectivity index (χ0) is 32.3. The van der Waals surface area contributed by atoms with Gasteiger partial charge in [0.25, 0.3) is 0 Å². The monoisotopic (exact) mass is 566 g/mol. The highest BCUT2D eigenvalue weighted by Crippen LogP contribution is 2.30. The Labute approximate surface area is 253 Å². The first kappa shape index (κ1) is 37.3. The van der Waals surface area contributed by atoms with E-state index in [9.17, 15) is 0 Å². The molecule has 0 N–H and O–H groups in total. The molecule has 0 atom stereocenters. The Balaban J connectivity index is 0.00000194. The van der Waals surface area contributed by atoms with Crippen molar-refractivity contribution in [2.75, 3.05) is 0 Å². The van der Waals surface area contributed by atoms with E-state index in [0.29, 0.717) is 0 Å². The molecule has 0 unspecified atom stereocenters. The minimum absolute atomic E-state index is 0.163. The lowest BCUT2D eigenvalue weighted by molar-refractivity contribution is -0.0987. The highest BCUT2D eigenvalue weighted by molar-refractivity contribution is 5.66. The van der Waals surface area contributed by atoms with Crippen molar-refractivity contribution in [2.45, 2.75) is 52.6 Å². The third-order valence-corrected chi connectivity index (χ3v) is 5.64. The summed E-state index contributed by atoms with van der Waals surface area (Å²) >= 11 is 0. The van der Waals surface area contributed by atoms with Crippen LogP contribution in [0.4, 0.5) is 0 Å². The first-order valence-electron chi connectivity index (χ1n) is 13.4. The first-order valence-corrected chi connectivity index (χ1v) is 13.4. The Morgan fingerprint density at radius 2 is 0.690 bits per heavy atom. The SMILES string of the molecule is C=C.C=C.C=O.C=O.CC(C)(C)Oc1ccc(-c2ccc(Oc3ccc(-c4ccc(C(C)(C)C)cc4)cc3)cc2)cc1. The van der Waals surface area contributed by atoms with Gasteiger partial charge in [-0.05, 0) is 90.4 Å². The molecule has 0 aromatic heterocycles. The summed E-state index contributed by atoms with van der Waals surface area (Å²) in [5, 5.41) is 0. The van der Waals surface area contributed by atoms with E-state index in [0.717, 1.165) is 28.4 Å². The van der Waals surface area contributed by atoms with Gasteiger partial charge >= 0.3 is 0 Å². The standard InChI is InChI=1S/C32H34O2.2C2H4.2CH2O/c1-31(2,3)27-15-7-23(8-16-27)24-9-17-28(18-10-24)33-29-19-11-25(12-20-29)26-13-21-30(22-14-26)34-32(4,5)6;4*1-2/h7-22H,1-6H3;2*1-2H2;2*1H2. The van der Waals surface area contributed by atoms with Crippen molar-refractivity contribution in [3.05, 3.63) is 129 Å². The number of hydrogen-bond acceptors (Lipinski definition) is 4. The Morgan fingerprint density at radius 3 is 0.952 bits per heavy atom. The number of ether oxygens (including phenoxy) is 2. The fourth-order valence-electron chi connectivity index (χ4n) is 3.80. The van der Waals surface area contributed by atoms with Crippen LogP contribution in [0, 0.1) is 0 Å². The molecule has 0 radical (unpaired) electrons. The van der Waals surface area contributed by atoms with Gasteiger partial charge in [-0.2, -0.15) is 0 Å². The van der Waals surface area contributed by atoms with Gasteiger partial charge in [-0.3, -0.25) is 0 Å². The van der Waals surface area contributed by atoms with Crippen LogP contribution in [0.15, 0.2) is 123 Å². The molecular formula is C38H46O4. The van der Waals surface area contributed by atoms with Crippen molar-refractivity contribution >= 4 is 13.6 Å². The van der Waals surface area contributed by atoms with Crippen LogP contribution in [0.5, 0.6) is 17.2 Å². The van der Waals surface area contributed by atoms with Crippen molar-refractivity contribution in [3.63, 3.8) is 0 Å². The van der Waals surface area contributed by atoms with Crippen LogP contribution in [0.1, 0.15) is 47.1 Å². The lowest BCUT2D eigenvalue weighted by Gasteiger charge is -2.21. The predicted molar refractivity (Wildman–Crippen MR) is 180 cm³/mol. The Bertz CT molecular complexity index is 1270. The lowest BCUT2D eigenvalue weighted by Crippen LogP contribution is -2.22. The fraction of sp³-hybridized carbons (Fsp3) is 0.211. The predicted octanol–water partition coefficient (Wildman–Crippen LogP) is 10.5. The molecule has 4 rings (SSSR count). The van der Waals surface area contributed by atoms with E-state index in [-0.39, 0.29) is 11.0 Å². The van der Waals surface area contributed by atoms with Gasteiger partial charge in [-0.25, -0.2) is 0 Å². The smallest absolute Gasteiger partial charge is 0.127 e. The molecule has 0 fully saturated rings. The van der Waals surface area contributed by atoms with Gasteiger partial charge in [0.05, 0.1) is 0 Å². The van der Waals surface area contributed by atoms with Crippen LogP contribution in [-0.4, -0.2) is 19.2 Å². The van der Waals surface area contributed by atoms with E-state index in [2.05, 4.69) is 129 Å². The zero-order valence-electron chi connectivity index (χ0n) is 26.1. The molecule has 0 aliphatic carbocycles. The average Bonchev–Trinajstić information content (AvgIpc) is 3.01. The third-order valence-electron chi connectivity index (χ3n) is 5.64. The van der Waals surface area contributed by atoms with Crippen molar-refractivity contribution < 1.29 is 19.1 Å². The van der Waals surface area contributed by atoms with E-state index in [1.165, 1.54) is 16.7 Å². The van der Waals surface area contributed by atoms with Crippen LogP contribution in [0.25, 0.3) is 22.3 Å². The topological polar surface area (TPSA) is 52.6 Å². The van der Waals surface area contributed by atoms with Gasteiger partial charge in [0, 0.05) is 0 Å². The maximum absolute atomic E-state index is 8.00. The Morgan fingerprint density at radius 1 is 0.429 bits per heavy atom. The maximum atomic E-state index is 8.00. The minimum Gasteiger partial charge on any atom is -0.488 e. The first-order chi connectivity index (χ1) is 20.1. The number of benzene rings is 4. The Hall–Kier alpha value is -4.70. The van der Waals surface area contributed by atoms with Crippen molar-refractivity contribution in [1.82, 2.24) is 0 Å². The Kier molecular flexibility index (Phi) is 16.5. The van der Waals surface area contributed by atoms with Crippen LogP contribution in [0.2, 0.25) is 0 Å². The fourth-order valence-corrected chi connectivity index (χ4v) is 3.80. The molecule has 0 bridgehead atoms. The summed E-state index contributed by atoms with van der Waals surface area (Å²) in [6.07, 6.45) is 0. The molecule has 4 heteroatoms. The van der Waals surface area contributed by atoms with E-state index in [1.54, 1.807) is 0 Å². The van der Waals surface area contributed by atoms with Crippen LogP contribution in [-0.2, 0) is 15.0 Å². The summed E-state index contributed by atoms with van der Waals surface area (Å²) in [6.45, 7) is 28.9. The van der Waals surface area contributed by atoms with E-state index >= 15 is 0 Å². The number of hydrogen-bond donors (Lipinski definition) is 0. The second kappa shape index (κ2) is 18.6. The van der Waals surface area contributed by atoms with E-state index in [1.807, 2.05) is 50.0 Å². The zero-order valence-corrected chi connectivity index (χ0v) is 26.1. The van der Waals surface area contributed by atoms with Gasteiger partial charge in [0.2, 0.25) is 0 Å². The average molecular weight is 567 g/mol. The maximum Gasteiger partial charge on any atom is 0.127 e. The molecule has 4 nitrogen and oxygen atoms in total. The van der Waals surface area contributed by atoms with Crippen molar-refractivity contribution in [1.29, 1.82) is 0 Å². The molecule has 4 aromatic carbocycles. The molecule has 0 heterocycles. The summed E-state index contributed by atoms with van der Waals surface area (Å²) in [5.41, 5.74) is 5.99. The summed E-state index contributed by atoms with van der Waals surface area (Å²) in [5.74, 6) is 2.52. The molecule has 0 spiro atoms. The molecule has 0 saturated carbocycles. The molecule has 0 saturated heterocycles. The number of rotatable bonds is 5. The number of carbonyl (C=O) groups excluding carboxylic acids is 2. The summed E-state index contributed by atoms with van der Waals surface area (Å²) in [6, 6.07) is 33.5. The van der Waals surface area contributed by atoms with Crippen molar-refractivity contribution in [3.8, 4) is 39.5 Å². The summed E-state index contributed by atoms with van der Waals surface area (Å²) < 4.78 is 12.0. The van der Waals surface area contributed by atoms with E-state index < -0.39 is 0 Å². The number of carbonyl (C=O) groups is 2. The normalized spacial score (nSPS) is 9.95. The largest absolute Gasteiger partial charge is 0.488 e. The van der Waals surface area contributed by atoms with E-state index in [4.69, 9.17) is 19.1 Å². The second-order valence-electron chi connectivity index (χ2n) is 10.7. The van der Waals surface area contributed by atoms with Gasteiger partial charge in [0.15, 0.2) is 0 Å². The molecular weight excluding hydrogens is 520 g/mol. The lowest BCUT2D eigenvalue weighted by atomic mass is 9.86. The molecule has 0 aliphatic rings. The minimum atomic E-state index is -0.199. The van der Waals surface area contributed by atoms with Gasteiger partial charge in [-0.1, -0.05) is 81.4 Å². The molecule has 42 heavy (non-hydrogen) atoms. The highest BCUT2D eigenvalue weighted by atomic mass is 16.5. The van der Waals surface area contributed by atoms with Gasteiger partial charge in [0.1, 0.15) is 36.4 Å². The van der Waals surface area contributed by atoms with Crippen molar-refractivity contribution in [2.24, 2.45) is 0 Å². The quantitative estimate of drug-likeness (QED) is 0.226. The van der Waals surface area contributed by atoms with Crippen LogP contribution in [0.3, 0.4) is 0 Å². The van der Waals surface area contributed by atoms with Crippen LogP contribution >= 0.6 is 0 Å². The summed E-state index contributed by atoms with van der Waals surface area (Å²) in [4.78, 5) is 16.0. The van der Waals surface area contributed by atoms with Gasteiger partial charge < -0.3 is 19.1 Å². The highest BCUT2D eigenvalue weighted by Gasteiger charge is 2.13. The summed E-state index contributed by atoms with van der Waals surface area (Å²) in [7, 11) is 0. The molecule has 0 amide bonds. The molecule has 222 valence electrons. The van der Waals surface area contributed by atoms with Crippen LogP contribution < -0.4 is 9.47 Å².